The van der Waals surface area contributed by atoms with E-state index in [9.17, 15) is 24.3 Å². The Labute approximate surface area is 232 Å². The number of carbonyl (C=O) groups excluding carboxylic acids is 4. The van der Waals surface area contributed by atoms with Gasteiger partial charge >= 0.3 is 12.1 Å². The van der Waals surface area contributed by atoms with E-state index >= 15 is 0 Å². The van der Waals surface area contributed by atoms with Crippen molar-refractivity contribution < 1.29 is 33.8 Å². The van der Waals surface area contributed by atoms with Crippen molar-refractivity contribution in [2.75, 3.05) is 26.3 Å². The van der Waals surface area contributed by atoms with Gasteiger partial charge in [0.15, 0.2) is 0 Å². The molecule has 2 atom stereocenters. The molecule has 10 heteroatoms. The van der Waals surface area contributed by atoms with E-state index in [-0.39, 0.29) is 26.1 Å². The van der Waals surface area contributed by atoms with Crippen LogP contribution >= 0.6 is 0 Å². The van der Waals surface area contributed by atoms with Gasteiger partial charge in [-0.15, -0.1) is 0 Å². The Balaban J connectivity index is 3.41. The van der Waals surface area contributed by atoms with Gasteiger partial charge in [0.1, 0.15) is 17.7 Å². The Hall–Kier alpha value is -3.14. The van der Waals surface area contributed by atoms with Crippen molar-refractivity contribution in [2.24, 2.45) is 0 Å². The number of nitrogens with one attached hydrogen (secondary N) is 2. The summed E-state index contributed by atoms with van der Waals surface area (Å²) in [6.07, 6.45) is 2.56. The predicted molar refractivity (Wildman–Crippen MR) is 149 cm³/mol. The number of amides is 3. The number of unbranched alkanes of at least 4 members (excludes halogenated alkanes) is 3. The van der Waals surface area contributed by atoms with Crippen LogP contribution in [0.3, 0.4) is 0 Å². The maximum atomic E-state index is 13.9. The van der Waals surface area contributed by atoms with Crippen LogP contribution in [0.2, 0.25) is 0 Å². The van der Waals surface area contributed by atoms with Gasteiger partial charge in [0.2, 0.25) is 11.8 Å². The van der Waals surface area contributed by atoms with Crippen molar-refractivity contribution in [3.05, 3.63) is 34.9 Å². The topological polar surface area (TPSA) is 134 Å². The van der Waals surface area contributed by atoms with Crippen molar-refractivity contribution in [3.8, 4) is 0 Å². The van der Waals surface area contributed by atoms with Gasteiger partial charge < -0.3 is 30.1 Å². The first-order chi connectivity index (χ1) is 18.3. The number of esters is 1. The average Bonchev–Trinajstić information content (AvgIpc) is 2.84. The number of aryl methyl sites for hydroxylation is 2. The van der Waals surface area contributed by atoms with Crippen LogP contribution in [0.5, 0.6) is 0 Å². The van der Waals surface area contributed by atoms with Crippen LogP contribution in [0, 0.1) is 13.8 Å². The highest BCUT2D eigenvalue weighted by Crippen LogP contribution is 2.27. The maximum Gasteiger partial charge on any atom is 0.408 e. The number of aliphatic hydroxyl groups excluding tert-OH is 1. The predicted octanol–water partition coefficient (Wildman–Crippen LogP) is 3.71. The molecule has 0 aliphatic heterocycles. The van der Waals surface area contributed by atoms with Crippen molar-refractivity contribution in [2.45, 2.75) is 98.3 Å². The molecule has 0 saturated heterocycles. The second-order valence-corrected chi connectivity index (χ2v) is 10.6. The highest BCUT2D eigenvalue weighted by molar-refractivity contribution is 5.92. The van der Waals surface area contributed by atoms with E-state index in [0.29, 0.717) is 12.0 Å². The second kappa shape index (κ2) is 16.7. The molecule has 0 radical (unpaired) electrons. The van der Waals surface area contributed by atoms with Crippen molar-refractivity contribution in [1.82, 2.24) is 15.5 Å². The quantitative estimate of drug-likeness (QED) is 0.224. The lowest BCUT2D eigenvalue weighted by molar-refractivity contribution is -0.144. The Morgan fingerprint density at radius 3 is 2.33 bits per heavy atom. The van der Waals surface area contributed by atoms with E-state index in [1.54, 1.807) is 27.7 Å². The highest BCUT2D eigenvalue weighted by Gasteiger charge is 2.36. The number of rotatable bonds is 15. The van der Waals surface area contributed by atoms with Gasteiger partial charge in [-0.25, -0.2) is 4.79 Å². The van der Waals surface area contributed by atoms with Crippen LogP contribution < -0.4 is 10.6 Å². The van der Waals surface area contributed by atoms with Crippen LogP contribution in [0.1, 0.15) is 89.5 Å². The molecule has 2 unspecified atom stereocenters. The van der Waals surface area contributed by atoms with E-state index in [1.807, 2.05) is 32.0 Å². The summed E-state index contributed by atoms with van der Waals surface area (Å²) in [5.74, 6) is -1.51. The van der Waals surface area contributed by atoms with Crippen LogP contribution in [0.4, 0.5) is 4.79 Å². The molecule has 3 amide bonds. The van der Waals surface area contributed by atoms with Crippen LogP contribution in [-0.2, 0) is 23.9 Å². The van der Waals surface area contributed by atoms with Crippen molar-refractivity contribution >= 4 is 23.9 Å². The number of benzene rings is 1. The van der Waals surface area contributed by atoms with Crippen LogP contribution in [0.15, 0.2) is 18.2 Å². The van der Waals surface area contributed by atoms with Crippen LogP contribution in [0.25, 0.3) is 0 Å². The minimum atomic E-state index is -1.31. The van der Waals surface area contributed by atoms with E-state index in [0.717, 1.165) is 30.4 Å². The molecule has 220 valence electrons. The monoisotopic (exact) mass is 549 g/mol. The highest BCUT2D eigenvalue weighted by atomic mass is 16.6. The lowest BCUT2D eigenvalue weighted by Gasteiger charge is -2.35. The molecular weight excluding hydrogens is 502 g/mol. The van der Waals surface area contributed by atoms with Gasteiger partial charge in [-0.1, -0.05) is 49.9 Å². The number of alkyl carbamates (subject to hydrolysis) is 1. The smallest absolute Gasteiger partial charge is 0.408 e. The molecule has 0 bridgehead atoms. The van der Waals surface area contributed by atoms with Crippen molar-refractivity contribution in [1.29, 1.82) is 0 Å². The molecule has 0 spiro atoms. The number of hydrogen-bond donors (Lipinski definition) is 3. The van der Waals surface area contributed by atoms with Gasteiger partial charge in [-0.3, -0.25) is 14.4 Å². The Bertz CT molecular complexity index is 959. The fraction of sp³-hybridized carbons (Fsp3) is 0.655. The summed E-state index contributed by atoms with van der Waals surface area (Å²) < 4.78 is 10.2. The van der Waals surface area contributed by atoms with E-state index in [4.69, 9.17) is 9.47 Å². The first-order valence-electron chi connectivity index (χ1n) is 13.8. The fourth-order valence-corrected chi connectivity index (χ4v) is 4.03. The molecule has 1 rings (SSSR count). The molecular formula is C29H47N3O7. The molecule has 0 aliphatic rings. The van der Waals surface area contributed by atoms with Crippen molar-refractivity contribution in [3.63, 3.8) is 0 Å². The Morgan fingerprint density at radius 1 is 1.05 bits per heavy atom. The summed E-state index contributed by atoms with van der Waals surface area (Å²) in [6.45, 7) is 12.5. The molecule has 0 saturated carbocycles. The zero-order valence-corrected chi connectivity index (χ0v) is 24.6. The largest absolute Gasteiger partial charge is 0.466 e. The Kier molecular flexibility index (Phi) is 14.5. The number of ether oxygens (including phenoxy) is 2. The molecule has 3 N–H and O–H groups in total. The minimum absolute atomic E-state index is 0.0109. The van der Waals surface area contributed by atoms with E-state index < -0.39 is 48.2 Å². The average molecular weight is 550 g/mol. The summed E-state index contributed by atoms with van der Waals surface area (Å²) in [6, 6.07) is 3.29. The number of hydrogen-bond acceptors (Lipinski definition) is 7. The summed E-state index contributed by atoms with van der Waals surface area (Å²) in [5, 5.41) is 15.3. The molecule has 10 nitrogen and oxygen atoms in total. The van der Waals surface area contributed by atoms with E-state index in [1.165, 1.54) is 4.90 Å². The third-order valence-corrected chi connectivity index (χ3v) is 5.93. The van der Waals surface area contributed by atoms with Gasteiger partial charge in [0.25, 0.3) is 0 Å². The van der Waals surface area contributed by atoms with Gasteiger partial charge in [-0.2, -0.15) is 0 Å². The fourth-order valence-electron chi connectivity index (χ4n) is 4.03. The van der Waals surface area contributed by atoms with Crippen LogP contribution in [-0.4, -0.2) is 71.8 Å². The molecule has 1 aromatic carbocycles. The summed E-state index contributed by atoms with van der Waals surface area (Å²) in [7, 11) is 0. The molecule has 0 fully saturated rings. The second-order valence-electron chi connectivity index (χ2n) is 10.6. The maximum absolute atomic E-state index is 13.9. The minimum Gasteiger partial charge on any atom is -0.466 e. The van der Waals surface area contributed by atoms with E-state index in [2.05, 4.69) is 17.6 Å². The summed E-state index contributed by atoms with van der Waals surface area (Å²) in [4.78, 5) is 53.2. The number of carbonyl (C=O) groups is 4. The normalized spacial score (nSPS) is 12.7. The van der Waals surface area contributed by atoms with Gasteiger partial charge in [0, 0.05) is 13.1 Å². The summed E-state index contributed by atoms with van der Waals surface area (Å²) >= 11 is 0. The third kappa shape index (κ3) is 12.1. The zero-order valence-electron chi connectivity index (χ0n) is 24.6. The zero-order chi connectivity index (χ0) is 29.6. The molecule has 1 aromatic rings. The lowest BCUT2D eigenvalue weighted by Crippen LogP contribution is -2.54. The number of nitrogens with zero attached hydrogens (tertiary/aromatic N) is 1. The third-order valence-electron chi connectivity index (χ3n) is 5.93. The molecule has 0 aliphatic carbocycles. The molecule has 0 heterocycles. The molecule has 0 aromatic heterocycles. The standard InChI is InChI=1S/C29H47N3O7/c1-8-10-11-12-17-32(27(36)23(19-33)31-28(37)39-29(5,6)7)25(22-18-20(3)13-14-21(22)4)26(35)30-16-15-24(34)38-9-2/h13-14,18,23,25,33H,8-12,15-17,19H2,1-7H3,(H,30,35)(H,31,37). The summed E-state index contributed by atoms with van der Waals surface area (Å²) in [5.41, 5.74) is 1.54. The Morgan fingerprint density at radius 2 is 1.74 bits per heavy atom. The van der Waals surface area contributed by atoms with Gasteiger partial charge in [0.05, 0.1) is 19.6 Å². The van der Waals surface area contributed by atoms with Gasteiger partial charge in [-0.05, 0) is 59.1 Å². The SMILES string of the molecule is CCCCCCN(C(=O)C(CO)NC(=O)OC(C)(C)C)C(C(=O)NCCC(=O)OCC)c1cc(C)ccc1C. The number of aliphatic hydroxyl groups is 1. The first-order valence-corrected chi connectivity index (χ1v) is 13.8. The lowest BCUT2D eigenvalue weighted by atomic mass is 9.95. The first kappa shape index (κ1) is 33.9. The molecule has 39 heavy (non-hydrogen) atoms.